The normalized spacial score (nSPS) is 58.3. The minimum atomic E-state index is -0.0590. The topological polar surface area (TPSA) is 35.5 Å². The van der Waals surface area contributed by atoms with Gasteiger partial charge in [-0.05, 0) is 141 Å². The molecule has 0 amide bonds. The van der Waals surface area contributed by atoms with Crippen LogP contribution in [0.2, 0.25) is 0 Å². The maximum absolute atomic E-state index is 12.8. The zero-order valence-electron chi connectivity index (χ0n) is 28.4. The molecule has 5 saturated carbocycles. The van der Waals surface area contributed by atoms with Gasteiger partial charge in [-0.2, -0.15) is 0 Å². The van der Waals surface area contributed by atoms with Crippen LogP contribution < -0.4 is 0 Å². The second-order valence-electron chi connectivity index (χ2n) is 18.4. The van der Waals surface area contributed by atoms with E-state index in [1.807, 2.05) is 0 Å². The van der Waals surface area contributed by atoms with E-state index in [1.165, 1.54) is 64.1 Å². The van der Waals surface area contributed by atoms with Crippen molar-refractivity contribution in [1.82, 2.24) is 0 Å². The number of carbonyl (C=O) groups excluding carboxylic acids is 1. The molecule has 234 valence electrons. The summed E-state index contributed by atoms with van der Waals surface area (Å²) in [5, 5.41) is 0. The minimum absolute atomic E-state index is 0.0426. The largest absolute Gasteiger partial charge is 0.349 e. The van der Waals surface area contributed by atoms with Crippen molar-refractivity contribution in [1.29, 1.82) is 0 Å². The standard InChI is InChI=1S/C38H64O3/c1-23-24(2)27(5)40-33(25(23)3)41-31-14-15-35(8)28(26(31)4)13-16-37(10)32(35)12-11-29-30-21-34(6,7)17-19-38(30,22-39)20-18-36(29,37)9/h22-33H,11-21H2,1-10H3/t23-,24+,25?,26?,27?,28-,29?,30?,31-,32?,33-,35?,36+,37-,38+/m0/s1. The summed E-state index contributed by atoms with van der Waals surface area (Å²) in [5.74, 6) is 5.04. The summed E-state index contributed by atoms with van der Waals surface area (Å²) in [6.07, 6.45) is 15.8. The van der Waals surface area contributed by atoms with Crippen LogP contribution in [0.1, 0.15) is 140 Å². The molecule has 0 spiro atoms. The second-order valence-corrected chi connectivity index (χ2v) is 18.4. The Kier molecular flexibility index (Phi) is 7.50. The van der Waals surface area contributed by atoms with Crippen molar-refractivity contribution in [2.45, 2.75) is 158 Å². The number of fused-ring (bicyclic) bond motifs is 7. The number of hydrogen-bond donors (Lipinski definition) is 0. The molecule has 1 heterocycles. The van der Waals surface area contributed by atoms with Crippen LogP contribution in [0.5, 0.6) is 0 Å². The van der Waals surface area contributed by atoms with E-state index < -0.39 is 0 Å². The minimum Gasteiger partial charge on any atom is -0.349 e. The van der Waals surface area contributed by atoms with Crippen molar-refractivity contribution >= 4 is 6.29 Å². The van der Waals surface area contributed by atoms with Gasteiger partial charge in [0.25, 0.3) is 0 Å². The summed E-state index contributed by atoms with van der Waals surface area (Å²) in [6, 6.07) is 0. The maximum Gasteiger partial charge on any atom is 0.161 e. The smallest absolute Gasteiger partial charge is 0.161 e. The van der Waals surface area contributed by atoms with Gasteiger partial charge in [-0.3, -0.25) is 0 Å². The van der Waals surface area contributed by atoms with Gasteiger partial charge in [-0.25, -0.2) is 0 Å². The highest BCUT2D eigenvalue weighted by Crippen LogP contribution is 2.76. The van der Waals surface area contributed by atoms with Gasteiger partial charge in [0, 0.05) is 11.3 Å². The summed E-state index contributed by atoms with van der Waals surface area (Å²) in [7, 11) is 0. The molecule has 5 aliphatic carbocycles. The fraction of sp³-hybridized carbons (Fsp3) is 0.974. The van der Waals surface area contributed by atoms with E-state index in [0.717, 1.165) is 24.7 Å². The Morgan fingerprint density at radius 3 is 2.07 bits per heavy atom. The van der Waals surface area contributed by atoms with Crippen molar-refractivity contribution < 1.29 is 14.3 Å². The lowest BCUT2D eigenvalue weighted by atomic mass is 9.32. The third-order valence-electron chi connectivity index (χ3n) is 16.6. The molecule has 0 aromatic heterocycles. The molecule has 0 N–H and O–H groups in total. The zero-order valence-corrected chi connectivity index (χ0v) is 28.4. The Hall–Kier alpha value is -0.410. The molecule has 6 rings (SSSR count). The molecule has 41 heavy (non-hydrogen) atoms. The summed E-state index contributed by atoms with van der Waals surface area (Å²) in [6.45, 7) is 24.9. The average Bonchev–Trinajstić information content (AvgIpc) is 2.92. The van der Waals surface area contributed by atoms with Crippen molar-refractivity contribution in [3.05, 3.63) is 0 Å². The first-order chi connectivity index (χ1) is 19.1. The van der Waals surface area contributed by atoms with Gasteiger partial charge in [0.05, 0.1) is 12.2 Å². The van der Waals surface area contributed by atoms with Gasteiger partial charge in [-0.1, -0.05) is 62.3 Å². The number of hydrogen-bond acceptors (Lipinski definition) is 3. The summed E-state index contributed by atoms with van der Waals surface area (Å²) in [4.78, 5) is 12.8. The molecule has 0 radical (unpaired) electrons. The van der Waals surface area contributed by atoms with Crippen molar-refractivity contribution in [3.63, 3.8) is 0 Å². The average molecular weight is 569 g/mol. The van der Waals surface area contributed by atoms with Gasteiger partial charge >= 0.3 is 0 Å². The lowest BCUT2D eigenvalue weighted by Crippen LogP contribution is -2.66. The molecule has 7 unspecified atom stereocenters. The van der Waals surface area contributed by atoms with Crippen molar-refractivity contribution in [2.24, 2.45) is 74.4 Å². The molecule has 1 saturated heterocycles. The van der Waals surface area contributed by atoms with Crippen molar-refractivity contribution in [2.75, 3.05) is 0 Å². The molecule has 0 bridgehead atoms. The monoisotopic (exact) mass is 568 g/mol. The highest BCUT2D eigenvalue weighted by Gasteiger charge is 2.69. The first-order valence-electron chi connectivity index (χ1n) is 17.9. The van der Waals surface area contributed by atoms with E-state index in [-0.39, 0.29) is 17.8 Å². The Morgan fingerprint density at radius 2 is 1.37 bits per heavy atom. The predicted molar refractivity (Wildman–Crippen MR) is 167 cm³/mol. The van der Waals surface area contributed by atoms with Crippen LogP contribution in [0, 0.1) is 74.4 Å². The first kappa shape index (κ1) is 30.6. The quantitative estimate of drug-likeness (QED) is 0.251. The molecule has 0 aromatic carbocycles. The highest BCUT2D eigenvalue weighted by atomic mass is 16.7. The van der Waals surface area contributed by atoms with E-state index in [4.69, 9.17) is 9.47 Å². The first-order valence-corrected chi connectivity index (χ1v) is 17.9. The Bertz CT molecular complexity index is 1010. The highest BCUT2D eigenvalue weighted by molar-refractivity contribution is 5.61. The second kappa shape index (κ2) is 10.1. The van der Waals surface area contributed by atoms with Gasteiger partial charge in [0.15, 0.2) is 6.29 Å². The van der Waals surface area contributed by atoms with Crippen LogP contribution in [-0.2, 0) is 14.3 Å². The van der Waals surface area contributed by atoms with Crippen molar-refractivity contribution in [3.8, 4) is 0 Å². The van der Waals surface area contributed by atoms with E-state index in [0.29, 0.717) is 63.3 Å². The Labute approximate surface area is 253 Å². The summed E-state index contributed by atoms with van der Waals surface area (Å²) < 4.78 is 13.4. The fourth-order valence-electron chi connectivity index (χ4n) is 13.0. The molecular weight excluding hydrogens is 504 g/mol. The fourth-order valence-corrected chi connectivity index (χ4v) is 13.0. The van der Waals surface area contributed by atoms with Crippen LogP contribution in [0.3, 0.4) is 0 Å². The molecule has 6 aliphatic rings. The van der Waals surface area contributed by atoms with Gasteiger partial charge in [0.2, 0.25) is 0 Å². The maximum atomic E-state index is 12.8. The van der Waals surface area contributed by atoms with E-state index in [9.17, 15) is 4.79 Å². The molecule has 3 heteroatoms. The summed E-state index contributed by atoms with van der Waals surface area (Å²) in [5.41, 5.74) is 1.43. The van der Waals surface area contributed by atoms with Gasteiger partial charge < -0.3 is 14.3 Å². The third kappa shape index (κ3) is 4.34. The molecule has 0 aromatic rings. The SMILES string of the molecule is CC1[C@H](O[C@H]2CCC3(C)C4CCC5C6CC(C)(C)CC[C@]6(C=O)CC[C@@]5(C)[C@@]4(C)CC[C@H]3C2C)OC(C)[C@H](C)[C@@H]1C. The van der Waals surface area contributed by atoms with Crippen LogP contribution in [0.15, 0.2) is 0 Å². The van der Waals surface area contributed by atoms with Crippen LogP contribution in [-0.4, -0.2) is 24.8 Å². The molecule has 6 fully saturated rings. The van der Waals surface area contributed by atoms with E-state index >= 15 is 0 Å². The lowest BCUT2D eigenvalue weighted by molar-refractivity contribution is -0.286. The number of aldehydes is 1. The number of carbonyl (C=O) groups is 1. The third-order valence-corrected chi connectivity index (χ3v) is 16.6. The Balaban J connectivity index is 1.23. The van der Waals surface area contributed by atoms with E-state index in [2.05, 4.69) is 69.2 Å². The van der Waals surface area contributed by atoms with E-state index in [1.54, 1.807) is 0 Å². The van der Waals surface area contributed by atoms with Crippen LogP contribution in [0.25, 0.3) is 0 Å². The molecule has 15 atom stereocenters. The zero-order chi connectivity index (χ0) is 29.8. The Morgan fingerprint density at radius 1 is 0.659 bits per heavy atom. The molecular formula is C38H64O3. The summed E-state index contributed by atoms with van der Waals surface area (Å²) >= 11 is 0. The lowest BCUT2D eigenvalue weighted by Gasteiger charge is -2.72. The van der Waals surface area contributed by atoms with Crippen LogP contribution >= 0.6 is 0 Å². The number of rotatable bonds is 3. The predicted octanol–water partition coefficient (Wildman–Crippen LogP) is 9.72. The van der Waals surface area contributed by atoms with Gasteiger partial charge in [-0.15, -0.1) is 0 Å². The molecule has 1 aliphatic heterocycles. The number of ether oxygens (including phenoxy) is 2. The van der Waals surface area contributed by atoms with Gasteiger partial charge in [0.1, 0.15) is 6.29 Å². The molecule has 3 nitrogen and oxygen atoms in total. The van der Waals surface area contributed by atoms with Crippen LogP contribution in [0.4, 0.5) is 0 Å².